The monoisotopic (exact) mass is 480 g/mol. The van der Waals surface area contributed by atoms with Crippen LogP contribution < -0.4 is 21.5 Å². The lowest BCUT2D eigenvalue weighted by Gasteiger charge is -2.39. The first-order valence-electron chi connectivity index (χ1n) is 10.9. The van der Waals surface area contributed by atoms with E-state index in [0.717, 1.165) is 24.7 Å². The summed E-state index contributed by atoms with van der Waals surface area (Å²) in [4.78, 5) is 49.5. The third-order valence-corrected chi connectivity index (χ3v) is 4.99. The smallest absolute Gasteiger partial charge is 0.414 e. The number of carboxylic acid groups (broad SMARTS) is 1. The molecule has 34 heavy (non-hydrogen) atoms. The average Bonchev–Trinajstić information content (AvgIpc) is 2.68. The lowest BCUT2D eigenvalue weighted by Crippen LogP contribution is -2.57. The molecule has 1 aromatic heterocycles. The summed E-state index contributed by atoms with van der Waals surface area (Å²) >= 11 is 0. The molecule has 2 heterocycles. The summed E-state index contributed by atoms with van der Waals surface area (Å²) in [6.45, 7) is 8.72. The minimum Gasteiger partial charge on any atom is -0.481 e. The van der Waals surface area contributed by atoms with Crippen LogP contribution in [0.25, 0.3) is 0 Å². The van der Waals surface area contributed by atoms with E-state index in [9.17, 15) is 14.4 Å². The maximum Gasteiger partial charge on any atom is 0.414 e. The molecule has 12 nitrogen and oxygen atoms in total. The quantitative estimate of drug-likeness (QED) is 0.367. The van der Waals surface area contributed by atoms with Gasteiger partial charge in [-0.2, -0.15) is 0 Å². The van der Waals surface area contributed by atoms with E-state index in [2.05, 4.69) is 5.32 Å². The molecule has 1 aliphatic rings. The van der Waals surface area contributed by atoms with Crippen molar-refractivity contribution in [3.63, 3.8) is 0 Å². The normalized spacial score (nSPS) is 17.6. The summed E-state index contributed by atoms with van der Waals surface area (Å²) in [6, 6.07) is 2.83. The van der Waals surface area contributed by atoms with Crippen LogP contribution in [-0.4, -0.2) is 69.8 Å². The summed E-state index contributed by atoms with van der Waals surface area (Å²) in [5, 5.41) is 18.0. The van der Waals surface area contributed by atoms with E-state index in [4.69, 9.17) is 25.8 Å². The number of ether oxygens (including phenoxy) is 1. The van der Waals surface area contributed by atoms with Crippen molar-refractivity contribution in [3.8, 4) is 0 Å². The zero-order chi connectivity index (χ0) is 26.2. The van der Waals surface area contributed by atoms with Gasteiger partial charge in [-0.3, -0.25) is 24.7 Å². The van der Waals surface area contributed by atoms with E-state index < -0.39 is 23.2 Å². The number of nitrogens with two attached hydrogens (primary N) is 1. The first-order chi connectivity index (χ1) is 15.6. The van der Waals surface area contributed by atoms with Crippen LogP contribution in [0, 0.1) is 5.41 Å². The lowest BCUT2D eigenvalue weighted by molar-refractivity contribution is -0.134. The zero-order valence-electron chi connectivity index (χ0n) is 20.6. The number of carboxylic acids is 1. The number of aromatic nitrogens is 1. The molecule has 2 rings (SSSR count). The maximum atomic E-state index is 12.8. The van der Waals surface area contributed by atoms with Gasteiger partial charge in [-0.05, 0) is 52.7 Å². The Morgan fingerprint density at radius 2 is 1.94 bits per heavy atom. The van der Waals surface area contributed by atoms with Gasteiger partial charge < -0.3 is 30.4 Å². The summed E-state index contributed by atoms with van der Waals surface area (Å²) in [7, 11) is 1.45. The van der Waals surface area contributed by atoms with Crippen molar-refractivity contribution in [2.45, 2.75) is 71.7 Å². The van der Waals surface area contributed by atoms with Crippen molar-refractivity contribution >= 4 is 29.6 Å². The van der Waals surface area contributed by atoms with Crippen LogP contribution in [0.2, 0.25) is 0 Å². The predicted octanol–water partition coefficient (Wildman–Crippen LogP) is 1.17. The molecule has 190 valence electrons. The Hall–Kier alpha value is -3.57. The van der Waals surface area contributed by atoms with Crippen LogP contribution >= 0.6 is 0 Å². The van der Waals surface area contributed by atoms with Crippen LogP contribution in [-0.2, 0) is 20.9 Å². The van der Waals surface area contributed by atoms with Crippen LogP contribution in [0.4, 0.5) is 10.5 Å². The van der Waals surface area contributed by atoms with Crippen molar-refractivity contribution < 1.29 is 24.2 Å². The largest absolute Gasteiger partial charge is 0.481 e. The Morgan fingerprint density at radius 1 is 1.35 bits per heavy atom. The number of aliphatic carboxylic acids is 1. The second-order valence-corrected chi connectivity index (χ2v) is 9.02. The van der Waals surface area contributed by atoms with Crippen molar-refractivity contribution in [3.05, 3.63) is 28.7 Å². The maximum absolute atomic E-state index is 12.8. The highest BCUT2D eigenvalue weighted by atomic mass is 16.6. The molecule has 1 fully saturated rings. The minimum absolute atomic E-state index is 0.0180. The molecule has 1 aliphatic heterocycles. The number of nitrogens with zero attached hydrogens (tertiary/aromatic N) is 3. The molecule has 1 aromatic rings. The van der Waals surface area contributed by atoms with E-state index in [1.165, 1.54) is 23.9 Å². The van der Waals surface area contributed by atoms with Gasteiger partial charge >= 0.3 is 6.09 Å². The fourth-order valence-electron chi connectivity index (χ4n) is 3.42. The van der Waals surface area contributed by atoms with E-state index in [-0.39, 0.29) is 36.2 Å². The number of anilines is 1. The standard InChI is InChI=1S/C20H32N6O4.C2H4O2/c1-13-14(8-6-11-26(13)18(21)22)23-16(27)12-25-10-7-9-15(17(25)28)24(5)19(29)30-20(2,3)4;1-2(3)4/h7,9-10,13-14H,6,8,11-12H2,1-5H3,(H3,21,22)(H,23,27);1H3,(H,3,4). The predicted molar refractivity (Wildman–Crippen MR) is 128 cm³/mol. The Bertz CT molecular complexity index is 950. The Morgan fingerprint density at radius 3 is 2.47 bits per heavy atom. The Labute approximate surface area is 199 Å². The summed E-state index contributed by atoms with van der Waals surface area (Å²) < 4.78 is 6.55. The third-order valence-electron chi connectivity index (χ3n) is 4.99. The van der Waals surface area contributed by atoms with Crippen molar-refractivity contribution in [1.82, 2.24) is 14.8 Å². The van der Waals surface area contributed by atoms with Crippen molar-refractivity contribution in [1.29, 1.82) is 5.41 Å². The van der Waals surface area contributed by atoms with Gasteiger partial charge in [0.25, 0.3) is 11.5 Å². The topological polar surface area (TPSA) is 171 Å². The molecule has 0 saturated carbocycles. The SMILES string of the molecule is CC(=O)O.CC1C(NC(=O)Cn2cccc(N(C)C(=O)OC(C)(C)C)c2=O)CCCN1C(=N)N. The van der Waals surface area contributed by atoms with Gasteiger partial charge in [0.05, 0.1) is 0 Å². The summed E-state index contributed by atoms with van der Waals surface area (Å²) in [5.74, 6) is -1.17. The molecule has 0 aliphatic carbocycles. The molecule has 5 N–H and O–H groups in total. The second kappa shape index (κ2) is 12.1. The average molecular weight is 481 g/mol. The fraction of sp³-hybridized carbons (Fsp3) is 0.591. The highest BCUT2D eigenvalue weighted by Crippen LogP contribution is 2.17. The zero-order valence-corrected chi connectivity index (χ0v) is 20.6. The first kappa shape index (κ1) is 28.5. The summed E-state index contributed by atoms with van der Waals surface area (Å²) in [6.07, 6.45) is 2.43. The number of piperidine rings is 1. The van der Waals surface area contributed by atoms with E-state index in [0.29, 0.717) is 6.54 Å². The molecule has 2 amide bonds. The number of amides is 2. The molecule has 0 radical (unpaired) electrons. The van der Waals surface area contributed by atoms with Crippen LogP contribution in [0.15, 0.2) is 23.1 Å². The molecule has 2 atom stereocenters. The fourth-order valence-corrected chi connectivity index (χ4v) is 3.42. The number of nitrogens with one attached hydrogen (secondary N) is 2. The van der Waals surface area contributed by atoms with Crippen molar-refractivity contribution in [2.24, 2.45) is 5.73 Å². The number of carbonyl (C=O) groups excluding carboxylic acids is 2. The number of hydrogen-bond donors (Lipinski definition) is 4. The molecule has 2 unspecified atom stereocenters. The van der Waals surface area contributed by atoms with E-state index >= 15 is 0 Å². The molecule has 1 saturated heterocycles. The Kier molecular flexibility index (Phi) is 10.1. The first-order valence-corrected chi connectivity index (χ1v) is 10.9. The summed E-state index contributed by atoms with van der Waals surface area (Å²) in [5.41, 5.74) is 4.57. The molecular weight excluding hydrogens is 444 g/mol. The molecular formula is C22H36N6O6. The van der Waals surface area contributed by atoms with Gasteiger partial charge in [0.15, 0.2) is 5.96 Å². The van der Waals surface area contributed by atoms with Gasteiger partial charge in [0.2, 0.25) is 5.91 Å². The van der Waals surface area contributed by atoms with E-state index in [1.54, 1.807) is 31.7 Å². The second-order valence-electron chi connectivity index (χ2n) is 9.02. The van der Waals surface area contributed by atoms with Gasteiger partial charge in [0, 0.05) is 38.8 Å². The van der Waals surface area contributed by atoms with Crippen molar-refractivity contribution in [2.75, 3.05) is 18.5 Å². The number of carbonyl (C=O) groups is 3. The lowest BCUT2D eigenvalue weighted by atomic mass is 9.97. The third kappa shape index (κ3) is 8.75. The number of guanidine groups is 1. The van der Waals surface area contributed by atoms with Gasteiger partial charge in [-0.15, -0.1) is 0 Å². The van der Waals surface area contributed by atoms with Gasteiger partial charge in [-0.1, -0.05) is 0 Å². The molecule has 0 spiro atoms. The number of pyridine rings is 1. The highest BCUT2D eigenvalue weighted by molar-refractivity contribution is 5.87. The number of rotatable bonds is 4. The Balaban J connectivity index is 0.00000133. The highest BCUT2D eigenvalue weighted by Gasteiger charge is 2.30. The van der Waals surface area contributed by atoms with Crippen LogP contribution in [0.1, 0.15) is 47.5 Å². The van der Waals surface area contributed by atoms with Gasteiger partial charge in [-0.25, -0.2) is 4.79 Å². The minimum atomic E-state index is -0.833. The molecule has 0 aromatic carbocycles. The van der Waals surface area contributed by atoms with Gasteiger partial charge in [0.1, 0.15) is 17.8 Å². The number of hydrogen-bond acceptors (Lipinski definition) is 6. The van der Waals surface area contributed by atoms with Crippen LogP contribution in [0.3, 0.4) is 0 Å². The molecule has 12 heteroatoms. The molecule has 0 bridgehead atoms. The van der Waals surface area contributed by atoms with E-state index in [1.807, 2.05) is 6.92 Å². The van der Waals surface area contributed by atoms with Crippen LogP contribution in [0.5, 0.6) is 0 Å². The number of likely N-dealkylation sites (tertiary alicyclic amines) is 1.